The van der Waals surface area contributed by atoms with Crippen LogP contribution in [0.3, 0.4) is 0 Å². The quantitative estimate of drug-likeness (QED) is 0.778. The minimum Gasteiger partial charge on any atom is -0.481 e. The van der Waals surface area contributed by atoms with Gasteiger partial charge in [0, 0.05) is 5.56 Å². The summed E-state index contributed by atoms with van der Waals surface area (Å²) in [5.74, 6) is -1.56. The van der Waals surface area contributed by atoms with Crippen LogP contribution in [0.25, 0.3) is 0 Å². The molecule has 5 nitrogen and oxygen atoms in total. The first kappa shape index (κ1) is 16.8. The molecular formula is C15H18FNO4. The van der Waals surface area contributed by atoms with E-state index in [2.05, 4.69) is 5.32 Å². The number of hydrogen-bond acceptors (Lipinski definition) is 4. The summed E-state index contributed by atoms with van der Waals surface area (Å²) < 4.78 is 18.6. The fourth-order valence-electron chi connectivity index (χ4n) is 1.80. The second-order valence-corrected chi connectivity index (χ2v) is 5.00. The lowest BCUT2D eigenvalue weighted by molar-refractivity contribution is -0.129. The summed E-state index contributed by atoms with van der Waals surface area (Å²) in [6, 6.07) is 3.09. The first-order valence-corrected chi connectivity index (χ1v) is 6.52. The second-order valence-electron chi connectivity index (χ2n) is 5.00. The summed E-state index contributed by atoms with van der Waals surface area (Å²) >= 11 is 0. The Hall–Kier alpha value is -2.24. The molecule has 1 unspecified atom stereocenters. The van der Waals surface area contributed by atoms with Crippen LogP contribution in [0.5, 0.6) is 5.75 Å². The van der Waals surface area contributed by atoms with Crippen LogP contribution in [-0.4, -0.2) is 30.6 Å². The number of nitrogens with one attached hydrogen (secondary N) is 1. The zero-order valence-electron chi connectivity index (χ0n) is 12.2. The van der Waals surface area contributed by atoms with E-state index in [1.165, 1.54) is 19.1 Å². The number of ketones is 1. The van der Waals surface area contributed by atoms with Crippen LogP contribution in [0.15, 0.2) is 18.2 Å². The highest BCUT2D eigenvalue weighted by Crippen LogP contribution is 2.17. The molecule has 1 N–H and O–H groups in total. The Morgan fingerprint density at radius 3 is 2.52 bits per heavy atom. The van der Waals surface area contributed by atoms with Gasteiger partial charge in [-0.2, -0.15) is 0 Å². The lowest BCUT2D eigenvalue weighted by Crippen LogP contribution is -2.45. The number of ether oxygens (including phenoxy) is 1. The van der Waals surface area contributed by atoms with Gasteiger partial charge < -0.3 is 10.1 Å². The van der Waals surface area contributed by atoms with E-state index >= 15 is 0 Å². The number of benzene rings is 1. The molecule has 0 aliphatic rings. The lowest BCUT2D eigenvalue weighted by Gasteiger charge is -2.19. The van der Waals surface area contributed by atoms with Crippen LogP contribution in [0.4, 0.5) is 4.39 Å². The van der Waals surface area contributed by atoms with E-state index in [0.29, 0.717) is 6.29 Å². The number of aldehydes is 1. The normalized spacial score (nSPS) is 11.9. The fraction of sp³-hybridized carbons (Fsp3) is 0.400. The molecule has 6 heteroatoms. The lowest BCUT2D eigenvalue weighted by atomic mass is 10.0. The zero-order chi connectivity index (χ0) is 16.0. The number of carbonyl (C=O) groups is 3. The number of carbonyl (C=O) groups excluding carboxylic acids is 3. The molecule has 1 atom stereocenters. The summed E-state index contributed by atoms with van der Waals surface area (Å²) in [5.41, 5.74) is 0.181. The van der Waals surface area contributed by atoms with Crippen molar-refractivity contribution in [1.82, 2.24) is 5.32 Å². The third-order valence-corrected chi connectivity index (χ3v) is 2.87. The van der Waals surface area contributed by atoms with Gasteiger partial charge in [0.1, 0.15) is 6.29 Å². The molecule has 0 bridgehead atoms. The van der Waals surface area contributed by atoms with Crippen LogP contribution in [-0.2, 0) is 9.59 Å². The average molecular weight is 295 g/mol. The minimum absolute atomic E-state index is 0.0462. The standard InChI is InChI=1S/C15H18FNO4/c1-9(2)15(10(3)19)17-14(20)8-21-13-5-4-11(7-18)6-12(13)16/h4-7,9,15H,8H2,1-3H3,(H,17,20). The molecule has 1 aromatic carbocycles. The SMILES string of the molecule is CC(=O)C(NC(=O)COc1ccc(C=O)cc1F)C(C)C. The Balaban J connectivity index is 2.60. The highest BCUT2D eigenvalue weighted by atomic mass is 19.1. The van der Waals surface area contributed by atoms with Gasteiger partial charge in [-0.1, -0.05) is 13.8 Å². The molecule has 0 aromatic heterocycles. The van der Waals surface area contributed by atoms with E-state index in [-0.39, 0.29) is 23.0 Å². The van der Waals surface area contributed by atoms with Gasteiger partial charge in [-0.15, -0.1) is 0 Å². The number of hydrogen-bond donors (Lipinski definition) is 1. The zero-order valence-corrected chi connectivity index (χ0v) is 12.2. The average Bonchev–Trinajstić information content (AvgIpc) is 2.42. The largest absolute Gasteiger partial charge is 0.481 e. The number of halogens is 1. The highest BCUT2D eigenvalue weighted by Gasteiger charge is 2.20. The first-order valence-electron chi connectivity index (χ1n) is 6.52. The molecular weight excluding hydrogens is 277 g/mol. The first-order chi connectivity index (χ1) is 9.85. The molecule has 21 heavy (non-hydrogen) atoms. The second kappa shape index (κ2) is 7.52. The smallest absolute Gasteiger partial charge is 0.258 e. The molecule has 0 radical (unpaired) electrons. The molecule has 0 spiro atoms. The van der Waals surface area contributed by atoms with Gasteiger partial charge in [-0.25, -0.2) is 4.39 Å². The van der Waals surface area contributed by atoms with Crippen molar-refractivity contribution in [2.75, 3.05) is 6.61 Å². The van der Waals surface area contributed by atoms with Crippen molar-refractivity contribution in [2.24, 2.45) is 5.92 Å². The topological polar surface area (TPSA) is 72.5 Å². The molecule has 1 aromatic rings. The van der Waals surface area contributed by atoms with Gasteiger partial charge in [0.25, 0.3) is 5.91 Å². The van der Waals surface area contributed by atoms with Crippen molar-refractivity contribution in [3.05, 3.63) is 29.6 Å². The molecule has 0 heterocycles. The molecule has 1 rings (SSSR count). The maximum Gasteiger partial charge on any atom is 0.258 e. The monoisotopic (exact) mass is 295 g/mol. The Kier molecular flexibility index (Phi) is 6.02. The van der Waals surface area contributed by atoms with Crippen molar-refractivity contribution in [3.8, 4) is 5.75 Å². The summed E-state index contributed by atoms with van der Waals surface area (Å²) in [4.78, 5) is 33.6. The molecule has 0 saturated carbocycles. The number of amides is 1. The van der Waals surface area contributed by atoms with Gasteiger partial charge in [0.05, 0.1) is 6.04 Å². The maximum atomic E-state index is 13.5. The Labute approximate surface area is 122 Å². The minimum atomic E-state index is -0.723. The summed E-state index contributed by atoms with van der Waals surface area (Å²) in [6.45, 7) is 4.60. The molecule has 0 saturated heterocycles. The molecule has 0 fully saturated rings. The predicted molar refractivity (Wildman–Crippen MR) is 74.7 cm³/mol. The Bertz CT molecular complexity index is 542. The molecule has 0 aliphatic heterocycles. The van der Waals surface area contributed by atoms with Crippen molar-refractivity contribution in [2.45, 2.75) is 26.8 Å². The summed E-state index contributed by atoms with van der Waals surface area (Å²) in [7, 11) is 0. The van der Waals surface area contributed by atoms with Crippen molar-refractivity contribution in [3.63, 3.8) is 0 Å². The fourth-order valence-corrected chi connectivity index (χ4v) is 1.80. The predicted octanol–water partition coefficient (Wildman–Crippen LogP) is 1.75. The van der Waals surface area contributed by atoms with Crippen LogP contribution < -0.4 is 10.1 Å². The van der Waals surface area contributed by atoms with E-state index in [9.17, 15) is 18.8 Å². The van der Waals surface area contributed by atoms with Gasteiger partial charge in [-0.05, 0) is 31.0 Å². The van der Waals surface area contributed by atoms with Crippen LogP contribution in [0, 0.1) is 11.7 Å². The van der Waals surface area contributed by atoms with Crippen molar-refractivity contribution < 1.29 is 23.5 Å². The van der Waals surface area contributed by atoms with Gasteiger partial charge in [0.2, 0.25) is 0 Å². The van der Waals surface area contributed by atoms with Crippen LogP contribution in [0.1, 0.15) is 31.1 Å². The molecule has 1 amide bonds. The van der Waals surface area contributed by atoms with Gasteiger partial charge in [-0.3, -0.25) is 14.4 Å². The number of rotatable bonds is 7. The van der Waals surface area contributed by atoms with E-state index in [1.54, 1.807) is 0 Å². The van der Waals surface area contributed by atoms with Gasteiger partial charge in [0.15, 0.2) is 24.0 Å². The highest BCUT2D eigenvalue weighted by molar-refractivity contribution is 5.88. The van der Waals surface area contributed by atoms with Gasteiger partial charge >= 0.3 is 0 Å². The maximum absolute atomic E-state index is 13.5. The number of Topliss-reactive ketones (excluding diaryl/α,β-unsaturated/α-hetero) is 1. The third kappa shape index (κ3) is 4.98. The van der Waals surface area contributed by atoms with Crippen molar-refractivity contribution in [1.29, 1.82) is 0 Å². The third-order valence-electron chi connectivity index (χ3n) is 2.87. The van der Waals surface area contributed by atoms with E-state index in [1.807, 2.05) is 13.8 Å². The van der Waals surface area contributed by atoms with E-state index in [4.69, 9.17) is 4.74 Å². The summed E-state index contributed by atoms with van der Waals surface area (Å²) in [6.07, 6.45) is 0.514. The van der Waals surface area contributed by atoms with E-state index < -0.39 is 24.4 Å². The molecule has 114 valence electrons. The van der Waals surface area contributed by atoms with E-state index in [0.717, 1.165) is 6.07 Å². The van der Waals surface area contributed by atoms with Crippen LogP contribution >= 0.6 is 0 Å². The van der Waals surface area contributed by atoms with Crippen molar-refractivity contribution >= 4 is 18.0 Å². The Morgan fingerprint density at radius 2 is 2.05 bits per heavy atom. The Morgan fingerprint density at radius 1 is 1.38 bits per heavy atom. The van der Waals surface area contributed by atoms with Crippen LogP contribution in [0.2, 0.25) is 0 Å². The summed E-state index contributed by atoms with van der Waals surface area (Å²) in [5, 5.41) is 2.54. The molecule has 0 aliphatic carbocycles.